The van der Waals surface area contributed by atoms with Crippen molar-refractivity contribution < 1.29 is 9.90 Å². The third-order valence-corrected chi connectivity index (χ3v) is 20.3. The maximum Gasteiger partial charge on any atom is 0.309 e. The largest absolute Gasteiger partial charge is 0.481 e. The number of hydrogen-bond donors (Lipinski definition) is 2. The standard InChI is InChI=1S/C57H114O2.C26H55N/c1-4-7-10-13-16-19-22-25-27-29-31-33-36-39-42-45-48-51-54-57(56(58)59,53-50-47-44-41-38-35-24-21-18-15-12-9-6-3)55-52-49-46-43-40-37-34-32-30-28-26-23-20-17-14-11-8-5-2;1-2-3-4-5-6-7-8-9-10-11-12-13-14-15-16-17-18-19-20-21-22-23-24-25-26-27/h4-55H2,1-3H3,(H,58,59);2-27H2,1H3. The summed E-state index contributed by atoms with van der Waals surface area (Å²) in [6.07, 6.45) is 105. The summed E-state index contributed by atoms with van der Waals surface area (Å²) in [7, 11) is 0. The number of carbonyl (C=O) groups is 1. The lowest BCUT2D eigenvalue weighted by Gasteiger charge is -2.30. The molecule has 518 valence electrons. The monoisotopic (exact) mass is 1210 g/mol. The Kier molecular flexibility index (Phi) is 81.9. The molecule has 3 N–H and O–H groups in total. The topological polar surface area (TPSA) is 63.3 Å². The Morgan fingerprint density at radius 1 is 0.198 bits per heavy atom. The van der Waals surface area contributed by atoms with Crippen molar-refractivity contribution >= 4 is 5.97 Å². The fourth-order valence-electron chi connectivity index (χ4n) is 14.0. The zero-order chi connectivity index (χ0) is 62.5. The lowest BCUT2D eigenvalue weighted by atomic mass is 9.74. The van der Waals surface area contributed by atoms with Crippen molar-refractivity contribution in [2.24, 2.45) is 11.1 Å². The van der Waals surface area contributed by atoms with Gasteiger partial charge in [-0.15, -0.1) is 0 Å². The predicted molar refractivity (Wildman–Crippen MR) is 393 cm³/mol. The second-order valence-electron chi connectivity index (χ2n) is 29.0. The molecule has 0 fully saturated rings. The SMILES string of the molecule is CCCCCCCCCCCCCCCCCCCCC(CCCCCCCCCCCCCCC)(CCCCCCCCCCCCCCCCCCCC)C(=O)O.CCCCCCCCCCCCCCCCCCCCCCCCCCN. The molecule has 0 aromatic rings. The fraction of sp³-hybridized carbons (Fsp3) is 0.988. The number of nitrogens with two attached hydrogens (primary N) is 1. The molecule has 0 atom stereocenters. The van der Waals surface area contributed by atoms with Gasteiger partial charge in [-0.1, -0.05) is 490 Å². The van der Waals surface area contributed by atoms with Crippen LogP contribution in [0, 0.1) is 5.41 Å². The van der Waals surface area contributed by atoms with Gasteiger partial charge >= 0.3 is 5.97 Å². The first kappa shape index (κ1) is 87.5. The van der Waals surface area contributed by atoms with Crippen molar-refractivity contribution in [1.29, 1.82) is 0 Å². The lowest BCUT2D eigenvalue weighted by molar-refractivity contribution is -0.150. The number of unbranched alkanes of at least 4 members (excludes halogenated alkanes) is 69. The molecule has 0 aromatic carbocycles. The minimum atomic E-state index is -0.476. The Morgan fingerprint density at radius 2 is 0.302 bits per heavy atom. The molecular formula is C83H169NO2. The number of aliphatic carboxylic acids is 1. The Labute approximate surface area is 546 Å². The van der Waals surface area contributed by atoms with Crippen LogP contribution >= 0.6 is 0 Å². The van der Waals surface area contributed by atoms with Crippen LogP contribution in [0.15, 0.2) is 0 Å². The molecule has 0 aliphatic rings. The number of hydrogen-bond acceptors (Lipinski definition) is 2. The maximum absolute atomic E-state index is 13.0. The van der Waals surface area contributed by atoms with Crippen LogP contribution in [-0.2, 0) is 4.79 Å². The van der Waals surface area contributed by atoms with E-state index in [1.807, 2.05) is 0 Å². The molecular weight excluding hydrogens is 1040 g/mol. The number of carboxylic acid groups (broad SMARTS) is 1. The van der Waals surface area contributed by atoms with E-state index < -0.39 is 11.4 Å². The van der Waals surface area contributed by atoms with E-state index >= 15 is 0 Å². The molecule has 0 heterocycles. The Bertz CT molecular complexity index is 1100. The molecule has 0 saturated carbocycles. The van der Waals surface area contributed by atoms with Crippen molar-refractivity contribution in [1.82, 2.24) is 0 Å². The molecule has 0 aliphatic carbocycles. The predicted octanol–water partition coefficient (Wildman–Crippen LogP) is 30.7. The van der Waals surface area contributed by atoms with Crippen molar-refractivity contribution in [2.45, 2.75) is 516 Å². The van der Waals surface area contributed by atoms with Gasteiger partial charge in [0.25, 0.3) is 0 Å². The molecule has 3 heteroatoms. The van der Waals surface area contributed by atoms with Gasteiger partial charge in [-0.2, -0.15) is 0 Å². The molecule has 86 heavy (non-hydrogen) atoms. The number of carboxylic acids is 1. The first-order valence-electron chi connectivity index (χ1n) is 41.5. The molecule has 3 nitrogen and oxygen atoms in total. The van der Waals surface area contributed by atoms with E-state index in [9.17, 15) is 9.90 Å². The highest BCUT2D eigenvalue weighted by Crippen LogP contribution is 2.38. The van der Waals surface area contributed by atoms with Crippen molar-refractivity contribution in [3.63, 3.8) is 0 Å². The van der Waals surface area contributed by atoms with E-state index in [-0.39, 0.29) is 0 Å². The molecule has 0 aromatic heterocycles. The van der Waals surface area contributed by atoms with Crippen LogP contribution in [0.1, 0.15) is 516 Å². The minimum Gasteiger partial charge on any atom is -0.481 e. The van der Waals surface area contributed by atoms with Gasteiger partial charge in [0.15, 0.2) is 0 Å². The first-order chi connectivity index (χ1) is 42.5. The van der Waals surface area contributed by atoms with E-state index in [0.29, 0.717) is 0 Å². The van der Waals surface area contributed by atoms with Crippen LogP contribution in [0.5, 0.6) is 0 Å². The van der Waals surface area contributed by atoms with Gasteiger partial charge in [-0.25, -0.2) is 0 Å². The molecule has 0 saturated heterocycles. The van der Waals surface area contributed by atoms with Gasteiger partial charge in [0, 0.05) is 0 Å². The van der Waals surface area contributed by atoms with Crippen LogP contribution in [0.2, 0.25) is 0 Å². The van der Waals surface area contributed by atoms with Gasteiger partial charge < -0.3 is 10.8 Å². The molecule has 0 spiro atoms. The first-order valence-corrected chi connectivity index (χ1v) is 41.5. The molecule has 0 amide bonds. The maximum atomic E-state index is 13.0. The average molecular weight is 1210 g/mol. The Hall–Kier alpha value is -0.570. The van der Waals surface area contributed by atoms with Crippen LogP contribution in [0.25, 0.3) is 0 Å². The Morgan fingerprint density at radius 3 is 0.407 bits per heavy atom. The van der Waals surface area contributed by atoms with Gasteiger partial charge in [-0.05, 0) is 32.2 Å². The molecule has 0 bridgehead atoms. The zero-order valence-corrected chi connectivity index (χ0v) is 60.9. The molecule has 0 rings (SSSR count). The van der Waals surface area contributed by atoms with E-state index in [1.54, 1.807) is 0 Å². The third-order valence-electron chi connectivity index (χ3n) is 20.3. The van der Waals surface area contributed by atoms with E-state index in [2.05, 4.69) is 27.7 Å². The quantitative estimate of drug-likeness (QED) is 0.0597. The summed E-state index contributed by atoms with van der Waals surface area (Å²) in [6.45, 7) is 10.1. The fourth-order valence-corrected chi connectivity index (χ4v) is 14.0. The van der Waals surface area contributed by atoms with Crippen molar-refractivity contribution in [3.05, 3.63) is 0 Å². The van der Waals surface area contributed by atoms with Gasteiger partial charge in [0.1, 0.15) is 0 Å². The highest BCUT2D eigenvalue weighted by Gasteiger charge is 2.36. The van der Waals surface area contributed by atoms with Crippen LogP contribution < -0.4 is 5.73 Å². The van der Waals surface area contributed by atoms with Gasteiger partial charge in [0.05, 0.1) is 5.41 Å². The smallest absolute Gasteiger partial charge is 0.309 e. The summed E-state index contributed by atoms with van der Waals surface area (Å²) >= 11 is 0. The van der Waals surface area contributed by atoms with E-state index in [4.69, 9.17) is 5.73 Å². The average Bonchev–Trinajstić information content (AvgIpc) is 3.62. The highest BCUT2D eigenvalue weighted by atomic mass is 16.4. The normalized spacial score (nSPS) is 11.7. The van der Waals surface area contributed by atoms with Gasteiger partial charge in [0.2, 0.25) is 0 Å². The second kappa shape index (κ2) is 80.5. The molecule has 0 unspecified atom stereocenters. The van der Waals surface area contributed by atoms with Crippen LogP contribution in [0.3, 0.4) is 0 Å². The lowest BCUT2D eigenvalue weighted by Crippen LogP contribution is -2.31. The molecule has 0 aliphatic heterocycles. The summed E-state index contributed by atoms with van der Waals surface area (Å²) in [4.78, 5) is 13.0. The summed E-state index contributed by atoms with van der Waals surface area (Å²) in [5, 5.41) is 10.7. The zero-order valence-electron chi connectivity index (χ0n) is 60.9. The van der Waals surface area contributed by atoms with Crippen LogP contribution in [0.4, 0.5) is 0 Å². The third kappa shape index (κ3) is 74.2. The highest BCUT2D eigenvalue weighted by molar-refractivity contribution is 5.74. The van der Waals surface area contributed by atoms with Crippen molar-refractivity contribution in [2.75, 3.05) is 6.54 Å². The van der Waals surface area contributed by atoms with E-state index in [0.717, 1.165) is 45.1 Å². The summed E-state index contributed by atoms with van der Waals surface area (Å²) in [5.41, 5.74) is 5.05. The Balaban J connectivity index is 0. The minimum absolute atomic E-state index is 0.470. The second-order valence-corrected chi connectivity index (χ2v) is 29.0. The summed E-state index contributed by atoms with van der Waals surface area (Å²) < 4.78 is 0. The number of rotatable bonds is 77. The van der Waals surface area contributed by atoms with Gasteiger partial charge in [-0.3, -0.25) is 4.79 Å². The van der Waals surface area contributed by atoms with Crippen LogP contribution in [-0.4, -0.2) is 17.6 Å². The summed E-state index contributed by atoms with van der Waals surface area (Å²) in [6, 6.07) is 0. The summed E-state index contributed by atoms with van der Waals surface area (Å²) in [5.74, 6) is -0.476. The van der Waals surface area contributed by atoms with Crippen molar-refractivity contribution in [3.8, 4) is 0 Å². The molecule has 0 radical (unpaired) electrons. The van der Waals surface area contributed by atoms with E-state index in [1.165, 1.54) is 449 Å².